The molecule has 0 spiro atoms. The summed E-state index contributed by atoms with van der Waals surface area (Å²) in [6.45, 7) is 2.22. The summed E-state index contributed by atoms with van der Waals surface area (Å²) < 4.78 is 4.90. The Kier molecular flexibility index (Phi) is 6.16. The standard InChI is InChI=1S/C15H22N4O4/c1-23-11-8-16-15(20)18-9-6-12(7-10-18)17-13-4-2-3-5-14(13)19(21)22/h2-5,12,17H,6-11H2,1H3,(H,16,20). The van der Waals surface area contributed by atoms with Crippen LogP contribution in [0.25, 0.3) is 0 Å². The van der Waals surface area contributed by atoms with Gasteiger partial charge >= 0.3 is 6.03 Å². The Hall–Kier alpha value is -2.35. The largest absolute Gasteiger partial charge is 0.383 e. The van der Waals surface area contributed by atoms with Crippen molar-refractivity contribution < 1.29 is 14.5 Å². The summed E-state index contributed by atoms with van der Waals surface area (Å²) >= 11 is 0. The number of nitro groups is 1. The second kappa shape index (κ2) is 8.33. The van der Waals surface area contributed by atoms with Crippen LogP contribution in [0.2, 0.25) is 0 Å². The Balaban J connectivity index is 1.83. The Morgan fingerprint density at radius 3 is 2.74 bits per heavy atom. The number of methoxy groups -OCH3 is 1. The van der Waals surface area contributed by atoms with Crippen molar-refractivity contribution in [2.75, 3.05) is 38.7 Å². The van der Waals surface area contributed by atoms with E-state index < -0.39 is 0 Å². The van der Waals surface area contributed by atoms with Crippen molar-refractivity contribution >= 4 is 17.4 Å². The maximum absolute atomic E-state index is 11.9. The van der Waals surface area contributed by atoms with Crippen molar-refractivity contribution in [2.24, 2.45) is 0 Å². The summed E-state index contributed by atoms with van der Waals surface area (Å²) in [6, 6.07) is 6.65. The molecule has 1 fully saturated rings. The lowest BCUT2D eigenvalue weighted by molar-refractivity contribution is -0.384. The molecular formula is C15H22N4O4. The number of likely N-dealkylation sites (tertiary alicyclic amines) is 1. The molecule has 0 atom stereocenters. The summed E-state index contributed by atoms with van der Waals surface area (Å²) in [5, 5.41) is 17.0. The van der Waals surface area contributed by atoms with E-state index in [2.05, 4.69) is 10.6 Å². The molecule has 0 aliphatic carbocycles. The van der Waals surface area contributed by atoms with Crippen LogP contribution < -0.4 is 10.6 Å². The van der Waals surface area contributed by atoms with Gasteiger partial charge in [0.25, 0.3) is 5.69 Å². The molecule has 0 radical (unpaired) electrons. The third-order valence-corrected chi connectivity index (χ3v) is 3.82. The fourth-order valence-corrected chi connectivity index (χ4v) is 2.57. The first kappa shape index (κ1) is 17.0. The van der Waals surface area contributed by atoms with E-state index in [4.69, 9.17) is 4.74 Å². The number of para-hydroxylation sites is 2. The molecule has 23 heavy (non-hydrogen) atoms. The number of nitro benzene ring substituents is 1. The van der Waals surface area contributed by atoms with Gasteiger partial charge in [0.2, 0.25) is 0 Å². The van der Waals surface area contributed by atoms with Gasteiger partial charge in [0.15, 0.2) is 0 Å². The monoisotopic (exact) mass is 322 g/mol. The number of piperidine rings is 1. The molecule has 1 aromatic rings. The minimum atomic E-state index is -0.388. The molecule has 0 aromatic heterocycles. The average Bonchev–Trinajstić information content (AvgIpc) is 2.56. The molecule has 1 aliphatic rings. The van der Waals surface area contributed by atoms with E-state index in [1.807, 2.05) is 0 Å². The molecule has 1 aromatic carbocycles. The van der Waals surface area contributed by atoms with Gasteiger partial charge in [-0.3, -0.25) is 10.1 Å². The Bertz CT molecular complexity index is 544. The lowest BCUT2D eigenvalue weighted by Crippen LogP contribution is -2.47. The van der Waals surface area contributed by atoms with Crippen LogP contribution in [0.4, 0.5) is 16.2 Å². The average molecular weight is 322 g/mol. The van der Waals surface area contributed by atoms with Crippen LogP contribution in [0.1, 0.15) is 12.8 Å². The fraction of sp³-hybridized carbons (Fsp3) is 0.533. The van der Waals surface area contributed by atoms with Gasteiger partial charge in [-0.2, -0.15) is 0 Å². The van der Waals surface area contributed by atoms with Gasteiger partial charge in [0.05, 0.1) is 11.5 Å². The second-order valence-electron chi connectivity index (χ2n) is 5.40. The first-order chi connectivity index (χ1) is 11.1. The maximum Gasteiger partial charge on any atom is 0.317 e. The molecule has 1 aliphatic heterocycles. The van der Waals surface area contributed by atoms with Gasteiger partial charge in [0.1, 0.15) is 5.69 Å². The molecule has 2 N–H and O–H groups in total. The molecule has 2 amide bonds. The zero-order valence-corrected chi connectivity index (χ0v) is 13.2. The van der Waals surface area contributed by atoms with Crippen LogP contribution in [-0.4, -0.2) is 55.2 Å². The number of ether oxygens (including phenoxy) is 1. The maximum atomic E-state index is 11.9. The zero-order valence-electron chi connectivity index (χ0n) is 13.2. The third-order valence-electron chi connectivity index (χ3n) is 3.82. The van der Waals surface area contributed by atoms with E-state index in [1.165, 1.54) is 6.07 Å². The van der Waals surface area contributed by atoms with Gasteiger partial charge < -0.3 is 20.3 Å². The first-order valence-corrected chi connectivity index (χ1v) is 7.63. The van der Waals surface area contributed by atoms with Crippen LogP contribution in [0, 0.1) is 10.1 Å². The number of nitrogens with one attached hydrogen (secondary N) is 2. The van der Waals surface area contributed by atoms with Crippen molar-refractivity contribution in [3.8, 4) is 0 Å². The summed E-state index contributed by atoms with van der Waals surface area (Å²) in [5.41, 5.74) is 0.604. The molecule has 2 rings (SSSR count). The quantitative estimate of drug-likeness (QED) is 0.473. The minimum Gasteiger partial charge on any atom is -0.383 e. The smallest absolute Gasteiger partial charge is 0.317 e. The highest BCUT2D eigenvalue weighted by molar-refractivity contribution is 5.74. The summed E-state index contributed by atoms with van der Waals surface area (Å²) in [7, 11) is 1.59. The first-order valence-electron chi connectivity index (χ1n) is 7.63. The number of rotatable bonds is 6. The number of urea groups is 1. The molecule has 8 nitrogen and oxygen atoms in total. The number of amides is 2. The molecule has 1 saturated heterocycles. The highest BCUT2D eigenvalue weighted by atomic mass is 16.6. The molecule has 0 saturated carbocycles. The number of anilines is 1. The van der Waals surface area contributed by atoms with E-state index in [1.54, 1.807) is 30.2 Å². The highest BCUT2D eigenvalue weighted by Crippen LogP contribution is 2.26. The molecule has 126 valence electrons. The molecule has 1 heterocycles. The molecule has 0 bridgehead atoms. The van der Waals surface area contributed by atoms with Crippen molar-refractivity contribution in [1.82, 2.24) is 10.2 Å². The van der Waals surface area contributed by atoms with Crippen LogP contribution in [0.15, 0.2) is 24.3 Å². The SMILES string of the molecule is COCCNC(=O)N1CCC(Nc2ccccc2[N+](=O)[O-])CC1. The van der Waals surface area contributed by atoms with E-state index in [-0.39, 0.29) is 22.7 Å². The topological polar surface area (TPSA) is 96.7 Å². The normalized spacial score (nSPS) is 15.3. The van der Waals surface area contributed by atoms with Gasteiger partial charge in [-0.05, 0) is 18.9 Å². The zero-order chi connectivity index (χ0) is 16.7. The van der Waals surface area contributed by atoms with Crippen molar-refractivity contribution in [2.45, 2.75) is 18.9 Å². The van der Waals surface area contributed by atoms with Crippen LogP contribution in [0.5, 0.6) is 0 Å². The number of carbonyl (C=O) groups is 1. The van der Waals surface area contributed by atoms with Crippen molar-refractivity contribution in [1.29, 1.82) is 0 Å². The Labute approximate surface area is 134 Å². The number of carbonyl (C=O) groups excluding carboxylic acids is 1. The van der Waals surface area contributed by atoms with Crippen LogP contribution in [-0.2, 0) is 4.74 Å². The van der Waals surface area contributed by atoms with E-state index in [0.29, 0.717) is 31.9 Å². The van der Waals surface area contributed by atoms with Gasteiger partial charge in [0, 0.05) is 38.9 Å². The lowest BCUT2D eigenvalue weighted by Gasteiger charge is -2.32. The Morgan fingerprint density at radius 1 is 1.39 bits per heavy atom. The van der Waals surface area contributed by atoms with E-state index >= 15 is 0 Å². The van der Waals surface area contributed by atoms with Crippen molar-refractivity contribution in [3.05, 3.63) is 34.4 Å². The fourth-order valence-electron chi connectivity index (χ4n) is 2.57. The third kappa shape index (κ3) is 4.82. The number of benzene rings is 1. The molecule has 0 unspecified atom stereocenters. The predicted octanol–water partition coefficient (Wildman–Crippen LogP) is 1.83. The van der Waals surface area contributed by atoms with Gasteiger partial charge in [-0.25, -0.2) is 4.79 Å². The van der Waals surface area contributed by atoms with E-state index in [9.17, 15) is 14.9 Å². The van der Waals surface area contributed by atoms with Gasteiger partial charge in [-0.1, -0.05) is 12.1 Å². The highest BCUT2D eigenvalue weighted by Gasteiger charge is 2.24. The molecule has 8 heteroatoms. The van der Waals surface area contributed by atoms with Crippen LogP contribution in [0.3, 0.4) is 0 Å². The Morgan fingerprint density at radius 2 is 2.09 bits per heavy atom. The van der Waals surface area contributed by atoms with Crippen LogP contribution >= 0.6 is 0 Å². The summed E-state index contributed by atoms with van der Waals surface area (Å²) in [4.78, 5) is 24.3. The summed E-state index contributed by atoms with van der Waals surface area (Å²) in [6.07, 6.45) is 1.51. The van der Waals surface area contributed by atoms with E-state index in [0.717, 1.165) is 12.8 Å². The van der Waals surface area contributed by atoms with Gasteiger partial charge in [-0.15, -0.1) is 0 Å². The molecular weight excluding hydrogens is 300 g/mol. The van der Waals surface area contributed by atoms with Crippen molar-refractivity contribution in [3.63, 3.8) is 0 Å². The number of nitrogens with zero attached hydrogens (tertiary/aromatic N) is 2. The number of hydrogen-bond donors (Lipinski definition) is 2. The predicted molar refractivity (Wildman–Crippen MR) is 86.6 cm³/mol. The lowest BCUT2D eigenvalue weighted by atomic mass is 10.0. The summed E-state index contributed by atoms with van der Waals surface area (Å²) in [5.74, 6) is 0. The second-order valence-corrected chi connectivity index (χ2v) is 5.40. The number of hydrogen-bond acceptors (Lipinski definition) is 5. The minimum absolute atomic E-state index is 0.0761.